The van der Waals surface area contributed by atoms with Gasteiger partial charge in [0, 0.05) is 5.54 Å². The van der Waals surface area contributed by atoms with Crippen LogP contribution in [0.4, 0.5) is 0 Å². The molecule has 0 amide bonds. The molecule has 2 saturated carbocycles. The van der Waals surface area contributed by atoms with Crippen molar-refractivity contribution in [3.8, 4) is 0 Å². The maximum absolute atomic E-state index is 3.68. The van der Waals surface area contributed by atoms with Gasteiger partial charge in [-0.3, -0.25) is 0 Å². The zero-order chi connectivity index (χ0) is 13.9. The zero-order valence-corrected chi connectivity index (χ0v) is 13.6. The molecular formula is C18H34N2. The Labute approximate surface area is 125 Å². The predicted molar refractivity (Wildman–Crippen MR) is 86.1 cm³/mol. The van der Waals surface area contributed by atoms with Crippen LogP contribution in [0.5, 0.6) is 0 Å². The van der Waals surface area contributed by atoms with E-state index in [-0.39, 0.29) is 0 Å². The minimum Gasteiger partial charge on any atom is -0.314 e. The molecule has 1 N–H and O–H groups in total. The highest BCUT2D eigenvalue weighted by Crippen LogP contribution is 2.46. The molecule has 20 heavy (non-hydrogen) atoms. The lowest BCUT2D eigenvalue weighted by Crippen LogP contribution is -2.48. The molecular weight excluding hydrogens is 244 g/mol. The second-order valence-electron chi connectivity index (χ2n) is 7.89. The summed E-state index contributed by atoms with van der Waals surface area (Å²) in [5.41, 5.74) is 1.25. The summed E-state index contributed by atoms with van der Waals surface area (Å²) in [5.74, 6) is 0. The summed E-state index contributed by atoms with van der Waals surface area (Å²) in [5, 5.41) is 3.68. The fourth-order valence-electron chi connectivity index (χ4n) is 5.10. The van der Waals surface area contributed by atoms with Crippen LogP contribution in [-0.2, 0) is 0 Å². The van der Waals surface area contributed by atoms with Gasteiger partial charge in [-0.25, -0.2) is 0 Å². The van der Waals surface area contributed by atoms with Crippen LogP contribution >= 0.6 is 0 Å². The first kappa shape index (κ1) is 14.8. The number of nitrogens with zero attached hydrogens (tertiary/aromatic N) is 1. The van der Waals surface area contributed by atoms with Gasteiger partial charge in [0.05, 0.1) is 0 Å². The van der Waals surface area contributed by atoms with Crippen molar-refractivity contribution in [3.05, 3.63) is 0 Å². The fourth-order valence-corrected chi connectivity index (χ4v) is 5.10. The molecule has 0 aromatic heterocycles. The van der Waals surface area contributed by atoms with Gasteiger partial charge >= 0.3 is 0 Å². The molecule has 2 nitrogen and oxygen atoms in total. The minimum atomic E-state index is 0.473. The van der Waals surface area contributed by atoms with Gasteiger partial charge < -0.3 is 10.2 Å². The lowest BCUT2D eigenvalue weighted by molar-refractivity contribution is 0.0943. The quantitative estimate of drug-likeness (QED) is 0.837. The highest BCUT2D eigenvalue weighted by Gasteiger charge is 2.37. The van der Waals surface area contributed by atoms with E-state index in [1.54, 1.807) is 0 Å². The van der Waals surface area contributed by atoms with Crippen molar-refractivity contribution in [2.45, 2.75) is 82.6 Å². The first-order valence-electron chi connectivity index (χ1n) is 9.17. The van der Waals surface area contributed by atoms with Crippen molar-refractivity contribution in [3.63, 3.8) is 0 Å². The molecule has 0 unspecified atom stereocenters. The first-order chi connectivity index (χ1) is 9.76. The third-order valence-electron chi connectivity index (χ3n) is 6.83. The van der Waals surface area contributed by atoms with Crippen LogP contribution in [-0.4, -0.2) is 37.1 Å². The normalized spacial score (nSPS) is 29.9. The number of rotatable bonds is 4. The monoisotopic (exact) mass is 278 g/mol. The van der Waals surface area contributed by atoms with Crippen molar-refractivity contribution >= 4 is 0 Å². The summed E-state index contributed by atoms with van der Waals surface area (Å²) in [6, 6.07) is 0. The molecule has 116 valence electrons. The van der Waals surface area contributed by atoms with E-state index in [4.69, 9.17) is 0 Å². The molecule has 0 aromatic carbocycles. The first-order valence-corrected chi connectivity index (χ1v) is 9.17. The van der Waals surface area contributed by atoms with Crippen molar-refractivity contribution in [1.29, 1.82) is 0 Å². The van der Waals surface area contributed by atoms with Crippen molar-refractivity contribution < 1.29 is 0 Å². The standard InChI is InChI=1S/C18H34N2/c1-19-18(9-3-2-4-10-18)13-16-20-14-11-17(12-15-20)7-5-6-8-17/h19H,2-16H2,1H3. The van der Waals surface area contributed by atoms with Crippen LogP contribution in [0.15, 0.2) is 0 Å². The smallest absolute Gasteiger partial charge is 0.0190 e. The van der Waals surface area contributed by atoms with Gasteiger partial charge in [-0.05, 0) is 77.0 Å². The summed E-state index contributed by atoms with van der Waals surface area (Å²) in [6.07, 6.45) is 17.5. The Kier molecular flexibility index (Phi) is 4.72. The van der Waals surface area contributed by atoms with Crippen LogP contribution in [0.1, 0.15) is 77.0 Å². The minimum absolute atomic E-state index is 0.473. The largest absolute Gasteiger partial charge is 0.314 e. The summed E-state index contributed by atoms with van der Waals surface area (Å²) >= 11 is 0. The third-order valence-corrected chi connectivity index (χ3v) is 6.83. The Balaban J connectivity index is 1.45. The number of nitrogens with one attached hydrogen (secondary N) is 1. The van der Waals surface area contributed by atoms with Crippen molar-refractivity contribution in [2.75, 3.05) is 26.7 Å². The van der Waals surface area contributed by atoms with Gasteiger partial charge in [0.2, 0.25) is 0 Å². The molecule has 0 radical (unpaired) electrons. The Morgan fingerprint density at radius 3 is 2.00 bits per heavy atom. The average Bonchev–Trinajstić information content (AvgIpc) is 2.96. The van der Waals surface area contributed by atoms with Crippen LogP contribution in [0, 0.1) is 5.41 Å². The van der Waals surface area contributed by atoms with Gasteiger partial charge in [0.1, 0.15) is 0 Å². The summed E-state index contributed by atoms with van der Waals surface area (Å²) < 4.78 is 0. The van der Waals surface area contributed by atoms with E-state index >= 15 is 0 Å². The molecule has 0 atom stereocenters. The molecule has 3 aliphatic rings. The zero-order valence-electron chi connectivity index (χ0n) is 13.6. The number of hydrogen-bond donors (Lipinski definition) is 1. The van der Waals surface area contributed by atoms with Gasteiger partial charge in [0.25, 0.3) is 0 Å². The van der Waals surface area contributed by atoms with Gasteiger partial charge in [-0.1, -0.05) is 32.1 Å². The Bertz CT molecular complexity index is 291. The topological polar surface area (TPSA) is 15.3 Å². The molecule has 0 aromatic rings. The fraction of sp³-hybridized carbons (Fsp3) is 1.00. The van der Waals surface area contributed by atoms with Crippen molar-refractivity contribution in [2.24, 2.45) is 5.41 Å². The molecule has 3 fully saturated rings. The van der Waals surface area contributed by atoms with E-state index in [1.807, 2.05) is 0 Å². The van der Waals surface area contributed by atoms with E-state index in [0.29, 0.717) is 5.54 Å². The predicted octanol–water partition coefficient (Wildman–Crippen LogP) is 3.96. The second kappa shape index (κ2) is 6.36. The lowest BCUT2D eigenvalue weighted by Gasteiger charge is -2.42. The van der Waals surface area contributed by atoms with E-state index in [1.165, 1.54) is 96.7 Å². The summed E-state index contributed by atoms with van der Waals surface area (Å²) in [6.45, 7) is 4.08. The molecule has 3 rings (SSSR count). The van der Waals surface area contributed by atoms with Crippen LogP contribution in [0.25, 0.3) is 0 Å². The van der Waals surface area contributed by atoms with E-state index < -0.39 is 0 Å². The van der Waals surface area contributed by atoms with Crippen molar-refractivity contribution in [1.82, 2.24) is 10.2 Å². The van der Waals surface area contributed by atoms with E-state index in [0.717, 1.165) is 5.41 Å². The molecule has 1 aliphatic heterocycles. The van der Waals surface area contributed by atoms with E-state index in [2.05, 4.69) is 17.3 Å². The van der Waals surface area contributed by atoms with Crippen LogP contribution in [0.3, 0.4) is 0 Å². The maximum Gasteiger partial charge on any atom is 0.0190 e. The van der Waals surface area contributed by atoms with Gasteiger partial charge in [-0.15, -0.1) is 0 Å². The second-order valence-corrected chi connectivity index (χ2v) is 7.89. The molecule has 1 heterocycles. The Morgan fingerprint density at radius 1 is 0.800 bits per heavy atom. The number of piperidine rings is 1. The molecule has 1 saturated heterocycles. The highest BCUT2D eigenvalue weighted by atomic mass is 15.1. The molecule has 0 bridgehead atoms. The third kappa shape index (κ3) is 3.22. The average molecular weight is 278 g/mol. The van der Waals surface area contributed by atoms with E-state index in [9.17, 15) is 0 Å². The number of hydrogen-bond acceptors (Lipinski definition) is 2. The Hall–Kier alpha value is -0.0800. The molecule has 2 aliphatic carbocycles. The molecule has 2 heteroatoms. The summed E-state index contributed by atoms with van der Waals surface area (Å²) in [4.78, 5) is 2.76. The molecule has 1 spiro atoms. The lowest BCUT2D eigenvalue weighted by atomic mass is 9.76. The Morgan fingerprint density at radius 2 is 1.40 bits per heavy atom. The van der Waals surface area contributed by atoms with Crippen LogP contribution in [0.2, 0.25) is 0 Å². The SMILES string of the molecule is CNC1(CCN2CCC3(CCCC3)CC2)CCCCC1. The van der Waals surface area contributed by atoms with Gasteiger partial charge in [-0.2, -0.15) is 0 Å². The van der Waals surface area contributed by atoms with Gasteiger partial charge in [0.15, 0.2) is 0 Å². The maximum atomic E-state index is 3.68. The summed E-state index contributed by atoms with van der Waals surface area (Å²) in [7, 11) is 2.19. The highest BCUT2D eigenvalue weighted by molar-refractivity contribution is 4.93. The van der Waals surface area contributed by atoms with Crippen LogP contribution < -0.4 is 5.32 Å². The number of likely N-dealkylation sites (tertiary alicyclic amines) is 1.